The number of anilines is 1. The molecule has 0 heterocycles. The summed E-state index contributed by atoms with van der Waals surface area (Å²) in [6.45, 7) is 2.39. The van der Waals surface area contributed by atoms with Gasteiger partial charge in [0, 0.05) is 18.2 Å². The molecule has 1 saturated carbocycles. The minimum Gasteiger partial charge on any atom is -0.337 e. The number of hydrogen-bond donors (Lipinski definition) is 3. The third kappa shape index (κ3) is 4.95. The minimum absolute atomic E-state index is 0.0326. The fourth-order valence-corrected chi connectivity index (χ4v) is 3.16. The lowest BCUT2D eigenvalue weighted by atomic mass is 9.85. The number of unbranched alkanes of at least 4 members (excludes halogenated alkanes) is 1. The van der Waals surface area contributed by atoms with Gasteiger partial charge in [-0.05, 0) is 43.5 Å². The summed E-state index contributed by atoms with van der Waals surface area (Å²) in [5.74, 6) is 0.0205. The van der Waals surface area contributed by atoms with Crippen LogP contribution < -0.4 is 15.4 Å². The van der Waals surface area contributed by atoms with Crippen LogP contribution in [0.4, 0.5) is 10.5 Å². The molecule has 1 aliphatic carbocycles. The van der Waals surface area contributed by atoms with Gasteiger partial charge >= 0.3 is 6.03 Å². The number of amides is 3. The van der Waals surface area contributed by atoms with Crippen molar-refractivity contribution in [1.29, 1.82) is 0 Å². The lowest BCUT2D eigenvalue weighted by Gasteiger charge is -2.24. The Bertz CT molecular complexity index is 682. The van der Waals surface area contributed by atoms with Crippen molar-refractivity contribution in [3.63, 3.8) is 0 Å². The summed E-state index contributed by atoms with van der Waals surface area (Å²) in [6.07, 6.45) is 4.55. The smallest absolute Gasteiger partial charge is 0.328 e. The van der Waals surface area contributed by atoms with E-state index in [1.165, 1.54) is 24.3 Å². The number of urea groups is 1. The summed E-state index contributed by atoms with van der Waals surface area (Å²) in [6, 6.07) is 5.00. The van der Waals surface area contributed by atoms with Crippen LogP contribution in [0.1, 0.15) is 39.0 Å². The molecular formula is C16H23N3O4S. The van der Waals surface area contributed by atoms with E-state index in [1.54, 1.807) is 0 Å². The van der Waals surface area contributed by atoms with Gasteiger partial charge < -0.3 is 10.6 Å². The summed E-state index contributed by atoms with van der Waals surface area (Å²) in [4.78, 5) is 23.4. The highest BCUT2D eigenvalue weighted by Gasteiger charge is 2.25. The van der Waals surface area contributed by atoms with Crippen molar-refractivity contribution < 1.29 is 18.0 Å². The number of hydrogen-bond acceptors (Lipinski definition) is 4. The van der Waals surface area contributed by atoms with Gasteiger partial charge in [0.15, 0.2) is 0 Å². The molecule has 1 aliphatic rings. The molecule has 0 radical (unpaired) electrons. The normalized spacial score (nSPS) is 14.5. The summed E-state index contributed by atoms with van der Waals surface area (Å²) < 4.78 is 26.2. The standard InChI is InChI=1S/C16H23N3O4S/c1-2-3-11-17-16(21)19-24(22,23)14-9-7-13(8-10-14)18-15(20)12-5-4-6-12/h7-10,12H,2-6,11H2,1H3,(H,18,20)(H2,17,19,21). The topological polar surface area (TPSA) is 104 Å². The van der Waals surface area contributed by atoms with Crippen LogP contribution in [0.15, 0.2) is 29.2 Å². The second kappa shape index (κ2) is 8.14. The summed E-state index contributed by atoms with van der Waals surface area (Å²) in [5.41, 5.74) is 0.540. The average molecular weight is 353 g/mol. The van der Waals surface area contributed by atoms with Crippen LogP contribution in [0.3, 0.4) is 0 Å². The summed E-state index contributed by atoms with van der Waals surface area (Å²) >= 11 is 0. The van der Waals surface area contributed by atoms with Crippen molar-refractivity contribution in [2.45, 2.75) is 43.9 Å². The van der Waals surface area contributed by atoms with Crippen molar-refractivity contribution in [1.82, 2.24) is 10.0 Å². The fourth-order valence-electron chi connectivity index (χ4n) is 2.23. The van der Waals surface area contributed by atoms with Crippen LogP contribution >= 0.6 is 0 Å². The molecule has 0 aliphatic heterocycles. The number of carbonyl (C=O) groups excluding carboxylic acids is 2. The van der Waals surface area contributed by atoms with E-state index >= 15 is 0 Å². The first-order chi connectivity index (χ1) is 11.4. The summed E-state index contributed by atoms with van der Waals surface area (Å²) in [5, 5.41) is 5.25. The first-order valence-corrected chi connectivity index (χ1v) is 9.62. The molecule has 0 saturated heterocycles. The molecular weight excluding hydrogens is 330 g/mol. The molecule has 8 heteroatoms. The van der Waals surface area contributed by atoms with E-state index in [-0.39, 0.29) is 16.7 Å². The third-order valence-corrected chi connectivity index (χ3v) is 5.30. The zero-order valence-electron chi connectivity index (χ0n) is 13.7. The van der Waals surface area contributed by atoms with Crippen molar-refractivity contribution in [3.05, 3.63) is 24.3 Å². The molecule has 1 fully saturated rings. The Hall–Kier alpha value is -2.09. The highest BCUT2D eigenvalue weighted by molar-refractivity contribution is 7.90. The van der Waals surface area contributed by atoms with Crippen LogP contribution in [-0.4, -0.2) is 26.9 Å². The lowest BCUT2D eigenvalue weighted by Crippen LogP contribution is -2.39. The Kier molecular flexibility index (Phi) is 6.19. The lowest BCUT2D eigenvalue weighted by molar-refractivity contribution is -0.122. The van der Waals surface area contributed by atoms with Crippen LogP contribution in [0.2, 0.25) is 0 Å². The number of carbonyl (C=O) groups is 2. The van der Waals surface area contributed by atoms with Crippen LogP contribution in [-0.2, 0) is 14.8 Å². The highest BCUT2D eigenvalue weighted by atomic mass is 32.2. The Balaban J connectivity index is 1.92. The molecule has 0 spiro atoms. The van der Waals surface area contributed by atoms with E-state index in [4.69, 9.17) is 0 Å². The first kappa shape index (κ1) is 18.3. The SMILES string of the molecule is CCCCNC(=O)NS(=O)(=O)c1ccc(NC(=O)C2CCC2)cc1. The van der Waals surface area contributed by atoms with E-state index in [2.05, 4.69) is 10.6 Å². The van der Waals surface area contributed by atoms with Gasteiger partial charge in [0.25, 0.3) is 10.0 Å². The average Bonchev–Trinajstić information content (AvgIpc) is 2.45. The Morgan fingerprint density at radius 1 is 1.17 bits per heavy atom. The monoisotopic (exact) mass is 353 g/mol. The predicted octanol–water partition coefficient (Wildman–Crippen LogP) is 2.21. The van der Waals surface area contributed by atoms with Gasteiger partial charge in [0.05, 0.1) is 4.90 Å². The Labute approximate surface area is 142 Å². The second-order valence-corrected chi connectivity index (χ2v) is 7.54. The van der Waals surface area contributed by atoms with Crippen molar-refractivity contribution in [2.75, 3.05) is 11.9 Å². The molecule has 3 N–H and O–H groups in total. The van der Waals surface area contributed by atoms with Gasteiger partial charge in [0.1, 0.15) is 0 Å². The number of sulfonamides is 1. The van der Waals surface area contributed by atoms with Crippen molar-refractivity contribution >= 4 is 27.6 Å². The molecule has 0 atom stereocenters. The van der Waals surface area contributed by atoms with E-state index in [0.717, 1.165) is 32.1 Å². The molecule has 132 valence electrons. The van der Waals surface area contributed by atoms with Crippen molar-refractivity contribution in [3.8, 4) is 0 Å². The van der Waals surface area contributed by atoms with Gasteiger partial charge in [-0.25, -0.2) is 17.9 Å². The summed E-state index contributed by atoms with van der Waals surface area (Å²) in [7, 11) is -3.93. The molecule has 2 rings (SSSR count). The maximum absolute atomic E-state index is 12.1. The molecule has 7 nitrogen and oxygen atoms in total. The van der Waals surface area contributed by atoms with E-state index in [9.17, 15) is 18.0 Å². The van der Waals surface area contributed by atoms with Gasteiger partial charge in [-0.3, -0.25) is 4.79 Å². The van der Waals surface area contributed by atoms with Gasteiger partial charge in [-0.2, -0.15) is 0 Å². The first-order valence-electron chi connectivity index (χ1n) is 8.14. The number of nitrogens with one attached hydrogen (secondary N) is 3. The fraction of sp³-hybridized carbons (Fsp3) is 0.500. The molecule has 1 aromatic rings. The van der Waals surface area contributed by atoms with Crippen LogP contribution in [0.5, 0.6) is 0 Å². The largest absolute Gasteiger partial charge is 0.337 e. The van der Waals surface area contributed by atoms with E-state index < -0.39 is 16.1 Å². The zero-order valence-corrected chi connectivity index (χ0v) is 14.5. The third-order valence-electron chi connectivity index (χ3n) is 3.95. The molecule has 3 amide bonds. The van der Waals surface area contributed by atoms with E-state index in [0.29, 0.717) is 12.2 Å². The Morgan fingerprint density at radius 2 is 1.83 bits per heavy atom. The molecule has 0 unspecified atom stereocenters. The highest BCUT2D eigenvalue weighted by Crippen LogP contribution is 2.27. The number of rotatable bonds is 7. The van der Waals surface area contributed by atoms with Crippen LogP contribution in [0.25, 0.3) is 0 Å². The van der Waals surface area contributed by atoms with Crippen LogP contribution in [0, 0.1) is 5.92 Å². The predicted molar refractivity (Wildman–Crippen MR) is 91.0 cm³/mol. The van der Waals surface area contributed by atoms with Gasteiger partial charge in [-0.15, -0.1) is 0 Å². The van der Waals surface area contributed by atoms with Gasteiger partial charge in [-0.1, -0.05) is 19.8 Å². The second-order valence-electron chi connectivity index (χ2n) is 5.86. The number of benzene rings is 1. The molecule has 24 heavy (non-hydrogen) atoms. The van der Waals surface area contributed by atoms with E-state index in [1.807, 2.05) is 11.6 Å². The molecule has 0 aromatic heterocycles. The molecule has 0 bridgehead atoms. The van der Waals surface area contributed by atoms with Crippen molar-refractivity contribution in [2.24, 2.45) is 5.92 Å². The minimum atomic E-state index is -3.93. The zero-order chi connectivity index (χ0) is 17.6. The maximum atomic E-state index is 12.1. The Morgan fingerprint density at radius 3 is 2.38 bits per heavy atom. The van der Waals surface area contributed by atoms with Gasteiger partial charge in [0.2, 0.25) is 5.91 Å². The molecule has 1 aromatic carbocycles. The maximum Gasteiger partial charge on any atom is 0.328 e. The quantitative estimate of drug-likeness (QED) is 0.654.